The van der Waals surface area contributed by atoms with Gasteiger partial charge in [-0.25, -0.2) is 0 Å². The van der Waals surface area contributed by atoms with Gasteiger partial charge in [0.1, 0.15) is 5.75 Å². The Labute approximate surface area is 161 Å². The lowest BCUT2D eigenvalue weighted by Crippen LogP contribution is -2.14. The molecule has 4 nitrogen and oxygen atoms in total. The Morgan fingerprint density at radius 3 is 2.74 bits per heavy atom. The fourth-order valence-corrected chi connectivity index (χ4v) is 4.51. The SMILES string of the molecule is COc1ccc(CC(=O)N=c2sc3c4ccccc4ccc3n2C)cc1C. The van der Waals surface area contributed by atoms with Crippen molar-refractivity contribution in [3.05, 3.63) is 70.5 Å². The molecule has 0 unspecified atom stereocenters. The molecule has 136 valence electrons. The van der Waals surface area contributed by atoms with E-state index in [1.165, 1.54) is 10.8 Å². The van der Waals surface area contributed by atoms with Crippen LogP contribution in [0.2, 0.25) is 0 Å². The molecule has 1 amide bonds. The van der Waals surface area contributed by atoms with E-state index in [0.717, 1.165) is 31.9 Å². The van der Waals surface area contributed by atoms with E-state index in [1.807, 2.05) is 48.9 Å². The summed E-state index contributed by atoms with van der Waals surface area (Å²) in [6.07, 6.45) is 0.278. The molecular formula is C22H20N2O2S. The Morgan fingerprint density at radius 1 is 1.15 bits per heavy atom. The average Bonchev–Trinajstić information content (AvgIpc) is 2.98. The van der Waals surface area contributed by atoms with E-state index >= 15 is 0 Å². The molecule has 0 aliphatic carbocycles. The van der Waals surface area contributed by atoms with Crippen molar-refractivity contribution in [3.63, 3.8) is 0 Å². The predicted molar refractivity (Wildman–Crippen MR) is 110 cm³/mol. The summed E-state index contributed by atoms with van der Waals surface area (Å²) in [5.41, 5.74) is 3.04. The first-order valence-electron chi connectivity index (χ1n) is 8.75. The van der Waals surface area contributed by atoms with Crippen molar-refractivity contribution in [1.82, 2.24) is 4.57 Å². The molecule has 0 fully saturated rings. The molecule has 0 saturated heterocycles. The van der Waals surface area contributed by atoms with Crippen LogP contribution in [0.1, 0.15) is 11.1 Å². The van der Waals surface area contributed by atoms with Crippen LogP contribution in [0.4, 0.5) is 0 Å². The second-order valence-corrected chi connectivity index (χ2v) is 7.54. The second kappa shape index (κ2) is 7.00. The minimum absolute atomic E-state index is 0.147. The topological polar surface area (TPSA) is 43.6 Å². The Balaban J connectivity index is 1.72. The van der Waals surface area contributed by atoms with Crippen molar-refractivity contribution < 1.29 is 9.53 Å². The summed E-state index contributed by atoms with van der Waals surface area (Å²) in [5, 5.41) is 2.38. The standard InChI is InChI=1S/C22H20N2O2S/c1-14-12-15(8-11-19(14)26-3)13-20(25)23-22-24(2)18-10-9-16-6-4-5-7-17(16)21(18)27-22/h4-12H,13H2,1-3H3. The quantitative estimate of drug-likeness (QED) is 0.533. The second-order valence-electron chi connectivity index (χ2n) is 6.56. The van der Waals surface area contributed by atoms with E-state index in [-0.39, 0.29) is 12.3 Å². The van der Waals surface area contributed by atoms with Crippen LogP contribution in [0, 0.1) is 6.92 Å². The van der Waals surface area contributed by atoms with Gasteiger partial charge in [0.05, 0.1) is 23.7 Å². The monoisotopic (exact) mass is 376 g/mol. The lowest BCUT2D eigenvalue weighted by molar-refractivity contribution is -0.117. The van der Waals surface area contributed by atoms with Gasteiger partial charge in [0, 0.05) is 12.4 Å². The molecule has 0 spiro atoms. The third kappa shape index (κ3) is 3.26. The summed E-state index contributed by atoms with van der Waals surface area (Å²) in [4.78, 5) is 17.6. The van der Waals surface area contributed by atoms with Gasteiger partial charge in [-0.3, -0.25) is 4.79 Å². The molecule has 0 bridgehead atoms. The van der Waals surface area contributed by atoms with Gasteiger partial charge in [-0.15, -0.1) is 0 Å². The number of aromatic nitrogens is 1. The van der Waals surface area contributed by atoms with E-state index in [1.54, 1.807) is 18.4 Å². The number of methoxy groups -OCH3 is 1. The normalized spacial score (nSPS) is 12.0. The molecule has 1 aromatic heterocycles. The molecule has 27 heavy (non-hydrogen) atoms. The van der Waals surface area contributed by atoms with Crippen LogP contribution < -0.4 is 9.54 Å². The number of nitrogens with zero attached hydrogens (tertiary/aromatic N) is 2. The minimum atomic E-state index is -0.147. The van der Waals surface area contributed by atoms with Gasteiger partial charge in [0.25, 0.3) is 5.91 Å². The van der Waals surface area contributed by atoms with Gasteiger partial charge in [0.2, 0.25) is 0 Å². The molecular weight excluding hydrogens is 356 g/mol. The summed E-state index contributed by atoms with van der Waals surface area (Å²) < 4.78 is 8.42. The number of carbonyl (C=O) groups excluding carboxylic acids is 1. The lowest BCUT2D eigenvalue weighted by Gasteiger charge is -2.05. The predicted octanol–water partition coefficient (Wildman–Crippen LogP) is 4.38. The summed E-state index contributed by atoms with van der Waals surface area (Å²) >= 11 is 1.56. The van der Waals surface area contributed by atoms with Gasteiger partial charge in [-0.05, 0) is 35.6 Å². The summed E-state index contributed by atoms with van der Waals surface area (Å²) in [6, 6.07) is 18.3. The van der Waals surface area contributed by atoms with Crippen LogP contribution >= 0.6 is 11.3 Å². The van der Waals surface area contributed by atoms with Crippen LogP contribution in [0.25, 0.3) is 21.0 Å². The molecule has 4 rings (SSSR count). The maximum Gasteiger partial charge on any atom is 0.252 e. The third-order valence-electron chi connectivity index (χ3n) is 4.74. The third-order valence-corrected chi connectivity index (χ3v) is 5.92. The van der Waals surface area contributed by atoms with Gasteiger partial charge >= 0.3 is 0 Å². The number of thiazole rings is 1. The smallest absolute Gasteiger partial charge is 0.252 e. The highest BCUT2D eigenvalue weighted by molar-refractivity contribution is 7.17. The number of aryl methyl sites for hydroxylation is 2. The van der Waals surface area contributed by atoms with Gasteiger partial charge in [-0.2, -0.15) is 4.99 Å². The van der Waals surface area contributed by atoms with E-state index in [4.69, 9.17) is 4.74 Å². The first-order valence-corrected chi connectivity index (χ1v) is 9.57. The zero-order valence-corrected chi connectivity index (χ0v) is 16.3. The Kier molecular flexibility index (Phi) is 4.54. The van der Waals surface area contributed by atoms with E-state index in [0.29, 0.717) is 0 Å². The summed E-state index contributed by atoms with van der Waals surface area (Å²) in [6.45, 7) is 1.97. The molecule has 0 saturated carbocycles. The van der Waals surface area contributed by atoms with E-state index < -0.39 is 0 Å². The average molecular weight is 376 g/mol. The zero-order chi connectivity index (χ0) is 19.0. The van der Waals surface area contributed by atoms with Gasteiger partial charge < -0.3 is 9.30 Å². The number of hydrogen-bond donors (Lipinski definition) is 0. The highest BCUT2D eigenvalue weighted by atomic mass is 32.1. The first-order chi connectivity index (χ1) is 13.1. The highest BCUT2D eigenvalue weighted by Crippen LogP contribution is 2.27. The fraction of sp³-hybridized carbons (Fsp3) is 0.182. The number of amides is 1. The van der Waals surface area contributed by atoms with Crippen LogP contribution in [0.5, 0.6) is 5.75 Å². The largest absolute Gasteiger partial charge is 0.496 e. The first kappa shape index (κ1) is 17.5. The maximum absolute atomic E-state index is 12.5. The zero-order valence-electron chi connectivity index (χ0n) is 15.5. The number of benzene rings is 3. The van der Waals surface area contributed by atoms with Crippen molar-refractivity contribution in [1.29, 1.82) is 0 Å². The maximum atomic E-state index is 12.5. The summed E-state index contributed by atoms with van der Waals surface area (Å²) in [7, 11) is 3.60. The van der Waals surface area contributed by atoms with Crippen molar-refractivity contribution in [3.8, 4) is 5.75 Å². The van der Waals surface area contributed by atoms with Crippen LogP contribution in [0.3, 0.4) is 0 Å². The van der Waals surface area contributed by atoms with Crippen LogP contribution in [-0.2, 0) is 18.3 Å². The molecule has 0 atom stereocenters. The number of carbonyl (C=O) groups is 1. The number of fused-ring (bicyclic) bond motifs is 3. The van der Waals surface area contributed by atoms with Crippen LogP contribution in [-0.4, -0.2) is 17.6 Å². The van der Waals surface area contributed by atoms with Crippen molar-refractivity contribution in [2.75, 3.05) is 7.11 Å². The Bertz CT molecular complexity index is 1230. The van der Waals surface area contributed by atoms with Crippen molar-refractivity contribution in [2.45, 2.75) is 13.3 Å². The fourth-order valence-electron chi connectivity index (χ4n) is 3.33. The molecule has 0 radical (unpaired) electrons. The number of ether oxygens (including phenoxy) is 1. The Morgan fingerprint density at radius 2 is 1.96 bits per heavy atom. The molecule has 4 aromatic rings. The molecule has 3 aromatic carbocycles. The Hall–Kier alpha value is -2.92. The minimum Gasteiger partial charge on any atom is -0.496 e. The number of hydrogen-bond acceptors (Lipinski definition) is 3. The lowest BCUT2D eigenvalue weighted by atomic mass is 10.1. The molecule has 0 aliphatic rings. The van der Waals surface area contributed by atoms with E-state index in [9.17, 15) is 4.79 Å². The molecule has 0 aliphatic heterocycles. The molecule has 5 heteroatoms. The number of rotatable bonds is 3. The molecule has 0 N–H and O–H groups in total. The highest BCUT2D eigenvalue weighted by Gasteiger charge is 2.09. The van der Waals surface area contributed by atoms with Gasteiger partial charge in [0.15, 0.2) is 4.80 Å². The summed E-state index contributed by atoms with van der Waals surface area (Å²) in [5.74, 6) is 0.678. The van der Waals surface area contributed by atoms with Crippen molar-refractivity contribution in [2.24, 2.45) is 12.0 Å². The molecule has 1 heterocycles. The van der Waals surface area contributed by atoms with Crippen molar-refractivity contribution >= 4 is 38.2 Å². The van der Waals surface area contributed by atoms with Gasteiger partial charge in [-0.1, -0.05) is 53.8 Å². The van der Waals surface area contributed by atoms with Crippen LogP contribution in [0.15, 0.2) is 59.6 Å². The van der Waals surface area contributed by atoms with E-state index in [2.05, 4.69) is 29.3 Å².